The Labute approximate surface area is 115 Å². The molecule has 1 rings (SSSR count). The molecule has 1 aliphatic rings. The Balaban J connectivity index is 2.60. The van der Waals surface area contributed by atoms with Gasteiger partial charge in [0.25, 0.3) is 0 Å². The highest BCUT2D eigenvalue weighted by Crippen LogP contribution is 2.17. The van der Waals surface area contributed by atoms with Crippen molar-refractivity contribution in [3.63, 3.8) is 0 Å². The number of hydrogen-bond acceptors (Lipinski definition) is 3. The van der Waals surface area contributed by atoms with Crippen molar-refractivity contribution in [3.05, 3.63) is 12.7 Å². The van der Waals surface area contributed by atoms with Crippen LogP contribution in [0, 0.1) is 5.92 Å². The molecule has 5 heteroatoms. The standard InChI is InChI=1S/C14H24N2O3/c1-5-6-8-19-9-7-16-12(10(2)3)13(17)15-11(4)14(16)18/h5,10-12H,1,6-9H2,2-4H3,(H,15,17). The second kappa shape index (κ2) is 7.28. The molecule has 1 saturated heterocycles. The van der Waals surface area contributed by atoms with Crippen molar-refractivity contribution in [1.29, 1.82) is 0 Å². The first kappa shape index (κ1) is 15.7. The zero-order chi connectivity index (χ0) is 14.4. The molecule has 5 nitrogen and oxygen atoms in total. The third-order valence-corrected chi connectivity index (χ3v) is 3.19. The van der Waals surface area contributed by atoms with Gasteiger partial charge in [0.05, 0.1) is 13.2 Å². The van der Waals surface area contributed by atoms with Gasteiger partial charge >= 0.3 is 0 Å². The van der Waals surface area contributed by atoms with Crippen molar-refractivity contribution in [2.45, 2.75) is 39.3 Å². The van der Waals surface area contributed by atoms with E-state index in [2.05, 4.69) is 11.9 Å². The van der Waals surface area contributed by atoms with E-state index in [0.717, 1.165) is 6.42 Å². The molecule has 19 heavy (non-hydrogen) atoms. The summed E-state index contributed by atoms with van der Waals surface area (Å²) in [5.41, 5.74) is 0. The smallest absolute Gasteiger partial charge is 0.245 e. The number of carbonyl (C=O) groups is 2. The topological polar surface area (TPSA) is 58.6 Å². The third kappa shape index (κ3) is 4.06. The average molecular weight is 268 g/mol. The third-order valence-electron chi connectivity index (χ3n) is 3.19. The summed E-state index contributed by atoms with van der Waals surface area (Å²) in [5.74, 6) is -0.0246. The minimum Gasteiger partial charge on any atom is -0.379 e. The van der Waals surface area contributed by atoms with Crippen LogP contribution in [-0.4, -0.2) is 48.6 Å². The first-order chi connectivity index (χ1) is 8.99. The van der Waals surface area contributed by atoms with Gasteiger partial charge in [0.1, 0.15) is 12.1 Å². The lowest BCUT2D eigenvalue weighted by molar-refractivity contribution is -0.151. The molecule has 1 aliphatic heterocycles. The molecule has 0 aromatic rings. The van der Waals surface area contributed by atoms with Crippen LogP contribution >= 0.6 is 0 Å². The second-order valence-corrected chi connectivity index (χ2v) is 5.14. The molecular formula is C14H24N2O3. The van der Waals surface area contributed by atoms with Gasteiger partial charge in [0.15, 0.2) is 0 Å². The van der Waals surface area contributed by atoms with Gasteiger partial charge in [-0.25, -0.2) is 0 Å². The Bertz CT molecular complexity index is 342. The minimum atomic E-state index is -0.448. The van der Waals surface area contributed by atoms with Crippen LogP contribution in [0.25, 0.3) is 0 Å². The normalized spacial score (nSPS) is 23.7. The van der Waals surface area contributed by atoms with Crippen molar-refractivity contribution >= 4 is 11.8 Å². The molecule has 1 heterocycles. The number of piperazine rings is 1. The zero-order valence-electron chi connectivity index (χ0n) is 12.0. The van der Waals surface area contributed by atoms with Gasteiger partial charge in [-0.3, -0.25) is 9.59 Å². The number of nitrogens with one attached hydrogen (secondary N) is 1. The van der Waals surface area contributed by atoms with Gasteiger partial charge in [-0.15, -0.1) is 6.58 Å². The summed E-state index contributed by atoms with van der Waals surface area (Å²) in [7, 11) is 0. The van der Waals surface area contributed by atoms with Gasteiger partial charge < -0.3 is 15.0 Å². The van der Waals surface area contributed by atoms with Gasteiger partial charge in [-0.2, -0.15) is 0 Å². The summed E-state index contributed by atoms with van der Waals surface area (Å²) in [6.45, 7) is 10.7. The van der Waals surface area contributed by atoms with Crippen molar-refractivity contribution in [2.24, 2.45) is 5.92 Å². The Hall–Kier alpha value is -1.36. The van der Waals surface area contributed by atoms with E-state index in [4.69, 9.17) is 4.74 Å². The van der Waals surface area contributed by atoms with E-state index in [-0.39, 0.29) is 17.7 Å². The molecule has 0 aromatic carbocycles. The average Bonchev–Trinajstić information content (AvgIpc) is 2.34. The largest absolute Gasteiger partial charge is 0.379 e. The van der Waals surface area contributed by atoms with Crippen LogP contribution in [0.5, 0.6) is 0 Å². The number of carbonyl (C=O) groups excluding carboxylic acids is 2. The molecule has 0 saturated carbocycles. The van der Waals surface area contributed by atoms with E-state index in [1.165, 1.54) is 0 Å². The predicted octanol–water partition coefficient (Wildman–Crippen LogP) is 0.951. The number of ether oxygens (including phenoxy) is 1. The highest BCUT2D eigenvalue weighted by atomic mass is 16.5. The highest BCUT2D eigenvalue weighted by molar-refractivity contribution is 5.96. The molecule has 2 atom stereocenters. The van der Waals surface area contributed by atoms with Crippen LogP contribution in [0.15, 0.2) is 12.7 Å². The van der Waals surface area contributed by atoms with Crippen molar-refractivity contribution in [3.8, 4) is 0 Å². The Morgan fingerprint density at radius 1 is 1.42 bits per heavy atom. The molecule has 1 fully saturated rings. The van der Waals surface area contributed by atoms with Crippen molar-refractivity contribution in [1.82, 2.24) is 10.2 Å². The molecule has 0 aromatic heterocycles. The molecule has 0 radical (unpaired) electrons. The first-order valence-corrected chi connectivity index (χ1v) is 6.78. The highest BCUT2D eigenvalue weighted by Gasteiger charge is 2.39. The van der Waals surface area contributed by atoms with E-state index in [1.807, 2.05) is 13.8 Å². The summed E-state index contributed by atoms with van der Waals surface area (Å²) >= 11 is 0. The molecule has 0 spiro atoms. The first-order valence-electron chi connectivity index (χ1n) is 6.78. The number of rotatable bonds is 7. The SMILES string of the molecule is C=CCCOCCN1C(=O)C(C)NC(=O)C1C(C)C. The van der Waals surface area contributed by atoms with Crippen LogP contribution in [0.4, 0.5) is 0 Å². The van der Waals surface area contributed by atoms with Crippen molar-refractivity contribution < 1.29 is 14.3 Å². The second-order valence-electron chi connectivity index (χ2n) is 5.14. The van der Waals surface area contributed by atoms with Crippen LogP contribution in [-0.2, 0) is 14.3 Å². The number of nitrogens with zero attached hydrogens (tertiary/aromatic N) is 1. The zero-order valence-corrected chi connectivity index (χ0v) is 12.0. The minimum absolute atomic E-state index is 0.0365. The maximum absolute atomic E-state index is 12.1. The van der Waals surface area contributed by atoms with Crippen LogP contribution < -0.4 is 5.32 Å². The van der Waals surface area contributed by atoms with E-state index in [9.17, 15) is 9.59 Å². The van der Waals surface area contributed by atoms with E-state index in [0.29, 0.717) is 19.8 Å². The fourth-order valence-corrected chi connectivity index (χ4v) is 2.23. The molecule has 0 bridgehead atoms. The van der Waals surface area contributed by atoms with Crippen LogP contribution in [0.1, 0.15) is 27.2 Å². The lowest BCUT2D eigenvalue weighted by atomic mass is 9.97. The van der Waals surface area contributed by atoms with Gasteiger partial charge in [-0.1, -0.05) is 19.9 Å². The van der Waals surface area contributed by atoms with Gasteiger partial charge in [0, 0.05) is 6.54 Å². The fourth-order valence-electron chi connectivity index (χ4n) is 2.23. The summed E-state index contributed by atoms with van der Waals surface area (Å²) in [6, 6.07) is -0.845. The van der Waals surface area contributed by atoms with Crippen LogP contribution in [0.3, 0.4) is 0 Å². The summed E-state index contributed by atoms with van der Waals surface area (Å²) in [5, 5.41) is 2.72. The molecule has 2 unspecified atom stereocenters. The number of hydrogen-bond donors (Lipinski definition) is 1. The van der Waals surface area contributed by atoms with Gasteiger partial charge in [-0.05, 0) is 19.3 Å². The van der Waals surface area contributed by atoms with E-state index >= 15 is 0 Å². The summed E-state index contributed by atoms with van der Waals surface area (Å²) in [6.07, 6.45) is 2.58. The molecule has 108 valence electrons. The quantitative estimate of drug-likeness (QED) is 0.552. The summed E-state index contributed by atoms with van der Waals surface area (Å²) < 4.78 is 5.43. The maximum atomic E-state index is 12.1. The Morgan fingerprint density at radius 2 is 2.11 bits per heavy atom. The van der Waals surface area contributed by atoms with Crippen molar-refractivity contribution in [2.75, 3.05) is 19.8 Å². The molecule has 0 aliphatic carbocycles. The fraction of sp³-hybridized carbons (Fsp3) is 0.714. The molecular weight excluding hydrogens is 244 g/mol. The lowest BCUT2D eigenvalue weighted by Crippen LogP contribution is -2.64. The van der Waals surface area contributed by atoms with Crippen LogP contribution in [0.2, 0.25) is 0 Å². The Morgan fingerprint density at radius 3 is 2.68 bits per heavy atom. The lowest BCUT2D eigenvalue weighted by Gasteiger charge is -2.39. The monoisotopic (exact) mass is 268 g/mol. The number of amides is 2. The summed E-state index contributed by atoms with van der Waals surface area (Å²) in [4.78, 5) is 25.8. The maximum Gasteiger partial charge on any atom is 0.245 e. The van der Waals surface area contributed by atoms with E-state index < -0.39 is 12.1 Å². The predicted molar refractivity (Wildman–Crippen MR) is 73.6 cm³/mol. The molecule has 1 N–H and O–H groups in total. The van der Waals surface area contributed by atoms with Gasteiger partial charge in [0.2, 0.25) is 11.8 Å². The molecule has 2 amide bonds. The van der Waals surface area contributed by atoms with E-state index in [1.54, 1.807) is 17.9 Å². The Kier molecular flexibility index (Phi) is 6.02.